The molecule has 1 aromatic heterocycles. The molecular formula is C22H26F3N5O5. The van der Waals surface area contributed by atoms with Crippen LogP contribution in [0.2, 0.25) is 0 Å². The van der Waals surface area contributed by atoms with Crippen molar-refractivity contribution in [2.75, 3.05) is 39.5 Å². The number of ether oxygens (including phenoxy) is 3. The molecule has 0 bridgehead atoms. The topological polar surface area (TPSA) is 111 Å². The molecule has 4 heterocycles. The van der Waals surface area contributed by atoms with Gasteiger partial charge < -0.3 is 24.2 Å². The Hall–Kier alpha value is -3.35. The van der Waals surface area contributed by atoms with E-state index in [1.165, 1.54) is 5.56 Å². The lowest BCUT2D eigenvalue weighted by Gasteiger charge is -2.35. The van der Waals surface area contributed by atoms with Crippen LogP contribution in [0.15, 0.2) is 29.4 Å². The number of aryl methyl sites for hydroxylation is 1. The standard InChI is InChI=1S/C19H22F3N5O2.C3H4O3/c20-19(21,22)18-24-23-16-5-6-17(25-27(16)18)26-9-7-14(8-10-26)13-1-3-15(4-2-13)29-12-11-28;4-3-5-1-2-6-3/h1-4,14,28H,5-12H2;1-2H2. The summed E-state index contributed by atoms with van der Waals surface area (Å²) >= 11 is 0. The fraction of sp³-hybridized carbons (Fsp3) is 0.545. The molecule has 0 unspecified atom stereocenters. The maximum atomic E-state index is 13.1. The van der Waals surface area contributed by atoms with Crippen molar-refractivity contribution in [3.63, 3.8) is 0 Å². The molecule has 2 aromatic rings. The van der Waals surface area contributed by atoms with E-state index in [4.69, 9.17) is 9.84 Å². The third-order valence-corrected chi connectivity index (χ3v) is 5.84. The van der Waals surface area contributed by atoms with E-state index in [9.17, 15) is 18.0 Å². The number of rotatable bonds is 4. The Morgan fingerprint density at radius 3 is 2.31 bits per heavy atom. The Labute approximate surface area is 199 Å². The summed E-state index contributed by atoms with van der Waals surface area (Å²) in [6.07, 6.45) is -2.35. The van der Waals surface area contributed by atoms with Gasteiger partial charge in [0.1, 0.15) is 31.4 Å². The van der Waals surface area contributed by atoms with E-state index in [2.05, 4.69) is 29.7 Å². The third-order valence-electron chi connectivity index (χ3n) is 5.84. The number of fused-ring (bicyclic) bond motifs is 1. The lowest BCUT2D eigenvalue weighted by molar-refractivity contribution is -0.147. The number of aromatic nitrogens is 3. The first kappa shape index (κ1) is 24.8. The van der Waals surface area contributed by atoms with Crippen molar-refractivity contribution in [2.45, 2.75) is 37.8 Å². The number of aliphatic hydroxyl groups is 1. The van der Waals surface area contributed by atoms with Crippen molar-refractivity contribution in [3.8, 4) is 5.75 Å². The number of carbonyl (C=O) groups excluding carboxylic acids is 1. The molecule has 3 aliphatic rings. The Bertz CT molecular complexity index is 1030. The van der Waals surface area contributed by atoms with Crippen LogP contribution in [0.3, 0.4) is 0 Å². The molecule has 13 heteroatoms. The highest BCUT2D eigenvalue weighted by Crippen LogP contribution is 2.32. The molecule has 35 heavy (non-hydrogen) atoms. The predicted molar refractivity (Wildman–Crippen MR) is 116 cm³/mol. The van der Waals surface area contributed by atoms with Gasteiger partial charge in [-0.1, -0.05) is 12.1 Å². The summed E-state index contributed by atoms with van der Waals surface area (Å²) in [5, 5.41) is 19.9. The number of halogens is 3. The molecule has 3 aliphatic heterocycles. The smallest absolute Gasteiger partial charge is 0.491 e. The average Bonchev–Trinajstić information content (AvgIpc) is 3.52. The van der Waals surface area contributed by atoms with E-state index in [0.717, 1.165) is 36.4 Å². The van der Waals surface area contributed by atoms with Gasteiger partial charge in [0.25, 0.3) is 5.82 Å². The largest absolute Gasteiger partial charge is 0.508 e. The van der Waals surface area contributed by atoms with E-state index >= 15 is 0 Å². The molecule has 0 amide bonds. The van der Waals surface area contributed by atoms with Crippen molar-refractivity contribution in [3.05, 3.63) is 41.5 Å². The molecule has 5 rings (SSSR count). The molecule has 1 aromatic carbocycles. The fourth-order valence-electron chi connectivity index (χ4n) is 4.12. The number of likely N-dealkylation sites (tertiary alicyclic amines) is 1. The minimum Gasteiger partial charge on any atom is -0.491 e. The zero-order valence-corrected chi connectivity index (χ0v) is 18.9. The van der Waals surface area contributed by atoms with Gasteiger partial charge in [0.05, 0.1) is 6.61 Å². The number of amidine groups is 1. The molecule has 10 nitrogen and oxygen atoms in total. The first-order chi connectivity index (χ1) is 16.8. The van der Waals surface area contributed by atoms with Crippen LogP contribution >= 0.6 is 0 Å². The van der Waals surface area contributed by atoms with Crippen LogP contribution in [-0.4, -0.2) is 76.4 Å². The summed E-state index contributed by atoms with van der Waals surface area (Å²) in [7, 11) is 0. The van der Waals surface area contributed by atoms with Gasteiger partial charge in [-0.05, 0) is 36.5 Å². The molecule has 0 radical (unpaired) electrons. The number of benzene rings is 1. The Morgan fingerprint density at radius 2 is 1.74 bits per heavy atom. The minimum atomic E-state index is -4.57. The van der Waals surface area contributed by atoms with E-state index in [-0.39, 0.29) is 19.0 Å². The first-order valence-corrected chi connectivity index (χ1v) is 11.3. The van der Waals surface area contributed by atoms with Gasteiger partial charge in [0.2, 0.25) is 0 Å². The van der Waals surface area contributed by atoms with Crippen molar-refractivity contribution in [2.24, 2.45) is 5.10 Å². The van der Waals surface area contributed by atoms with Crippen LogP contribution < -0.4 is 4.74 Å². The van der Waals surface area contributed by atoms with E-state index in [1.54, 1.807) is 0 Å². The summed E-state index contributed by atoms with van der Waals surface area (Å²) in [6, 6.07) is 7.86. The van der Waals surface area contributed by atoms with Gasteiger partial charge in [0, 0.05) is 25.9 Å². The molecule has 2 fully saturated rings. The van der Waals surface area contributed by atoms with Crippen LogP contribution in [0.5, 0.6) is 5.75 Å². The number of cyclic esters (lactones) is 2. The van der Waals surface area contributed by atoms with Crippen molar-refractivity contribution in [1.82, 2.24) is 19.8 Å². The van der Waals surface area contributed by atoms with Crippen LogP contribution in [-0.2, 0) is 22.1 Å². The average molecular weight is 497 g/mol. The Balaban J connectivity index is 0.000000421. The SMILES string of the molecule is O=C1OCCO1.OCCOc1ccc(C2CCN(C3=Nn4c(nnc4C(F)(F)F)CC3)CC2)cc1. The zero-order chi connectivity index (χ0) is 24.8. The van der Waals surface area contributed by atoms with Crippen LogP contribution in [0.4, 0.5) is 18.0 Å². The summed E-state index contributed by atoms with van der Waals surface area (Å²) in [4.78, 5) is 11.9. The second kappa shape index (κ2) is 10.9. The summed E-state index contributed by atoms with van der Waals surface area (Å²) < 4.78 is 54.1. The lowest BCUT2D eigenvalue weighted by atomic mass is 9.89. The van der Waals surface area contributed by atoms with Crippen molar-refractivity contribution >= 4 is 12.0 Å². The van der Waals surface area contributed by atoms with Gasteiger partial charge in [-0.25, -0.2) is 4.79 Å². The maximum absolute atomic E-state index is 13.1. The van der Waals surface area contributed by atoms with Crippen molar-refractivity contribution < 1.29 is 37.3 Å². The van der Waals surface area contributed by atoms with E-state index < -0.39 is 18.2 Å². The van der Waals surface area contributed by atoms with Gasteiger partial charge in [-0.2, -0.15) is 22.9 Å². The van der Waals surface area contributed by atoms with Crippen LogP contribution in [0.1, 0.15) is 42.4 Å². The first-order valence-electron chi connectivity index (χ1n) is 11.3. The van der Waals surface area contributed by atoms with Crippen molar-refractivity contribution in [1.29, 1.82) is 0 Å². The highest BCUT2D eigenvalue weighted by atomic mass is 19.4. The molecule has 0 atom stereocenters. The molecule has 0 aliphatic carbocycles. The molecule has 190 valence electrons. The van der Waals surface area contributed by atoms with Gasteiger partial charge in [-0.15, -0.1) is 10.2 Å². The molecular weight excluding hydrogens is 471 g/mol. The Morgan fingerprint density at radius 1 is 1.06 bits per heavy atom. The normalized spacial score (nSPS) is 18.1. The third kappa shape index (κ3) is 6.21. The number of piperidine rings is 1. The zero-order valence-electron chi connectivity index (χ0n) is 18.9. The van der Waals surface area contributed by atoms with E-state index in [1.807, 2.05) is 24.3 Å². The highest BCUT2D eigenvalue weighted by molar-refractivity contribution is 5.83. The number of carbonyl (C=O) groups is 1. The maximum Gasteiger partial charge on any atom is 0.508 e. The number of alkyl halides is 3. The van der Waals surface area contributed by atoms with Gasteiger partial charge in [-0.3, -0.25) is 0 Å². The van der Waals surface area contributed by atoms with Crippen LogP contribution in [0.25, 0.3) is 0 Å². The molecule has 2 saturated heterocycles. The number of nitrogens with zero attached hydrogens (tertiary/aromatic N) is 5. The van der Waals surface area contributed by atoms with Gasteiger partial charge in [0.15, 0.2) is 5.82 Å². The predicted octanol–water partition coefficient (Wildman–Crippen LogP) is 2.81. The molecule has 0 saturated carbocycles. The highest BCUT2D eigenvalue weighted by Gasteiger charge is 2.40. The Kier molecular flexibility index (Phi) is 7.73. The second-order valence-electron chi connectivity index (χ2n) is 8.11. The summed E-state index contributed by atoms with van der Waals surface area (Å²) in [6.45, 7) is 2.56. The molecule has 1 N–H and O–H groups in total. The summed E-state index contributed by atoms with van der Waals surface area (Å²) in [5.41, 5.74) is 1.21. The second-order valence-corrected chi connectivity index (χ2v) is 8.11. The lowest BCUT2D eigenvalue weighted by Crippen LogP contribution is -2.40. The van der Waals surface area contributed by atoms with Crippen LogP contribution in [0, 0.1) is 0 Å². The number of aliphatic hydroxyl groups excluding tert-OH is 1. The minimum absolute atomic E-state index is 0.0226. The quantitative estimate of drug-likeness (QED) is 0.642. The van der Waals surface area contributed by atoms with E-state index in [0.29, 0.717) is 37.8 Å². The summed E-state index contributed by atoms with van der Waals surface area (Å²) in [5.74, 6) is 0.956. The number of hydrogen-bond acceptors (Lipinski definition) is 9. The number of hydrogen-bond donors (Lipinski definition) is 1. The fourth-order valence-corrected chi connectivity index (χ4v) is 4.12. The monoisotopic (exact) mass is 497 g/mol. The molecule has 0 spiro atoms. The van der Waals surface area contributed by atoms with Gasteiger partial charge >= 0.3 is 12.3 Å².